The summed E-state index contributed by atoms with van der Waals surface area (Å²) in [5.41, 5.74) is 5.13. The van der Waals surface area contributed by atoms with Crippen LogP contribution in [-0.2, 0) is 4.79 Å². The minimum absolute atomic E-state index is 0.0530. The van der Waals surface area contributed by atoms with Crippen molar-refractivity contribution in [1.82, 2.24) is 16.2 Å². The molecule has 0 unspecified atom stereocenters. The molecule has 26 heavy (non-hydrogen) atoms. The number of nitrogens with one attached hydrogen (secondary N) is 3. The van der Waals surface area contributed by atoms with E-state index >= 15 is 0 Å². The van der Waals surface area contributed by atoms with E-state index in [2.05, 4.69) is 16.2 Å². The quantitative estimate of drug-likeness (QED) is 0.532. The third-order valence-electron chi connectivity index (χ3n) is 3.08. The summed E-state index contributed by atoms with van der Waals surface area (Å²) in [7, 11) is 1.56. The molecule has 0 heterocycles. The van der Waals surface area contributed by atoms with Gasteiger partial charge in [-0.2, -0.15) is 0 Å². The molecule has 0 saturated carbocycles. The molecular weight excluding hydrogens is 378 g/mol. The molecule has 0 spiro atoms. The zero-order valence-corrected chi connectivity index (χ0v) is 15.3. The molecule has 2 aromatic rings. The van der Waals surface area contributed by atoms with Crippen LogP contribution in [-0.4, -0.2) is 30.6 Å². The fourth-order valence-corrected chi connectivity index (χ4v) is 2.06. The second kappa shape index (κ2) is 9.59. The average molecular weight is 394 g/mol. The Morgan fingerprint density at radius 2 is 1.62 bits per heavy atom. The molecule has 3 N–H and O–H groups in total. The lowest BCUT2D eigenvalue weighted by Crippen LogP contribution is -2.49. The zero-order valence-electron chi connectivity index (χ0n) is 13.7. The third kappa shape index (κ3) is 6.23. The van der Waals surface area contributed by atoms with Crippen LogP contribution in [0, 0.1) is 0 Å². The van der Waals surface area contributed by atoms with Gasteiger partial charge in [0.15, 0.2) is 11.7 Å². The molecule has 136 valence electrons. The number of rotatable bonds is 5. The second-order valence-corrected chi connectivity index (χ2v) is 5.77. The number of thiocarbonyl (C=S) groups is 1. The summed E-state index contributed by atoms with van der Waals surface area (Å²) >= 11 is 10.7. The van der Waals surface area contributed by atoms with E-state index in [4.69, 9.17) is 33.3 Å². The van der Waals surface area contributed by atoms with Gasteiger partial charge in [-0.15, -0.1) is 0 Å². The van der Waals surface area contributed by atoms with Gasteiger partial charge < -0.3 is 9.47 Å². The summed E-state index contributed by atoms with van der Waals surface area (Å²) in [6.45, 7) is -0.229. The average Bonchev–Trinajstić information content (AvgIpc) is 2.65. The van der Waals surface area contributed by atoms with Crippen molar-refractivity contribution in [3.05, 3.63) is 59.1 Å². The number of ether oxygens (including phenoxy) is 2. The van der Waals surface area contributed by atoms with Crippen molar-refractivity contribution < 1.29 is 19.1 Å². The minimum Gasteiger partial charge on any atom is -0.497 e. The fourth-order valence-electron chi connectivity index (χ4n) is 1.79. The predicted octanol–water partition coefficient (Wildman–Crippen LogP) is 2.06. The Bertz CT molecular complexity index is 782. The van der Waals surface area contributed by atoms with Gasteiger partial charge in [-0.3, -0.25) is 25.8 Å². The maximum Gasteiger partial charge on any atom is 0.276 e. The molecule has 0 atom stereocenters. The van der Waals surface area contributed by atoms with E-state index < -0.39 is 11.8 Å². The van der Waals surface area contributed by atoms with Crippen LogP contribution >= 0.6 is 23.8 Å². The summed E-state index contributed by atoms with van der Waals surface area (Å²) in [5, 5.41) is 2.89. The Morgan fingerprint density at radius 3 is 2.23 bits per heavy atom. The van der Waals surface area contributed by atoms with E-state index in [1.54, 1.807) is 55.6 Å². The van der Waals surface area contributed by atoms with Gasteiger partial charge in [-0.1, -0.05) is 11.6 Å². The Labute approximate surface area is 160 Å². The molecule has 0 radical (unpaired) electrons. The highest BCUT2D eigenvalue weighted by molar-refractivity contribution is 7.80. The van der Waals surface area contributed by atoms with Crippen LogP contribution in [0.1, 0.15) is 10.4 Å². The van der Waals surface area contributed by atoms with Gasteiger partial charge in [0.1, 0.15) is 11.5 Å². The van der Waals surface area contributed by atoms with Crippen molar-refractivity contribution in [3.63, 3.8) is 0 Å². The highest BCUT2D eigenvalue weighted by Crippen LogP contribution is 2.16. The molecule has 0 fully saturated rings. The number of halogens is 1. The smallest absolute Gasteiger partial charge is 0.276 e. The molecule has 0 saturated heterocycles. The molecule has 0 aromatic heterocycles. The number of carbonyl (C=O) groups excluding carboxylic acids is 2. The van der Waals surface area contributed by atoms with E-state index in [0.717, 1.165) is 0 Å². The van der Waals surface area contributed by atoms with Crippen LogP contribution < -0.4 is 25.6 Å². The van der Waals surface area contributed by atoms with E-state index in [0.29, 0.717) is 22.1 Å². The summed E-state index contributed by atoms with van der Waals surface area (Å²) in [6, 6.07) is 13.1. The second-order valence-electron chi connectivity index (χ2n) is 4.93. The first-order valence-corrected chi connectivity index (χ1v) is 8.19. The standard InChI is InChI=1S/C17H16ClN3O4S/c1-24-13-6-8-14(9-7-13)25-10-15(22)20-21-17(26)19-16(23)11-2-4-12(18)5-3-11/h2-9H,10H2,1H3,(H,20,22)(H2,19,21,23,26). The molecular formula is C17H16ClN3O4S. The number of methoxy groups -OCH3 is 1. The molecule has 7 nitrogen and oxygen atoms in total. The number of benzene rings is 2. The highest BCUT2D eigenvalue weighted by atomic mass is 35.5. The lowest BCUT2D eigenvalue weighted by atomic mass is 10.2. The van der Waals surface area contributed by atoms with E-state index in [1.807, 2.05) is 0 Å². The molecule has 0 aliphatic rings. The van der Waals surface area contributed by atoms with Crippen molar-refractivity contribution in [1.29, 1.82) is 0 Å². The van der Waals surface area contributed by atoms with Crippen LogP contribution in [0.4, 0.5) is 0 Å². The van der Waals surface area contributed by atoms with Crippen LogP contribution in [0.3, 0.4) is 0 Å². The molecule has 0 aliphatic heterocycles. The third-order valence-corrected chi connectivity index (χ3v) is 3.53. The van der Waals surface area contributed by atoms with Crippen molar-refractivity contribution in [2.75, 3.05) is 13.7 Å². The highest BCUT2D eigenvalue weighted by Gasteiger charge is 2.09. The number of carbonyl (C=O) groups is 2. The zero-order chi connectivity index (χ0) is 18.9. The van der Waals surface area contributed by atoms with Crippen LogP contribution in [0.25, 0.3) is 0 Å². The molecule has 0 bridgehead atoms. The number of hydrogen-bond donors (Lipinski definition) is 3. The maximum absolute atomic E-state index is 11.9. The topological polar surface area (TPSA) is 88.7 Å². The number of hydrazine groups is 1. The van der Waals surface area contributed by atoms with Crippen LogP contribution in [0.2, 0.25) is 5.02 Å². The Balaban J connectivity index is 1.71. The van der Waals surface area contributed by atoms with Crippen molar-refractivity contribution in [3.8, 4) is 11.5 Å². The first kappa shape index (κ1) is 19.5. The molecule has 0 aliphatic carbocycles. The number of hydrogen-bond acceptors (Lipinski definition) is 5. The first-order valence-electron chi connectivity index (χ1n) is 7.40. The van der Waals surface area contributed by atoms with Gasteiger partial charge in [0, 0.05) is 10.6 Å². The lowest BCUT2D eigenvalue weighted by molar-refractivity contribution is -0.123. The first-order chi connectivity index (χ1) is 12.5. The summed E-state index contributed by atoms with van der Waals surface area (Å²) < 4.78 is 10.3. The van der Waals surface area contributed by atoms with Crippen molar-refractivity contribution in [2.24, 2.45) is 0 Å². The Morgan fingerprint density at radius 1 is 1.00 bits per heavy atom. The molecule has 2 rings (SSSR count). The summed E-state index contributed by atoms with van der Waals surface area (Å²) in [5.74, 6) is 0.302. The monoisotopic (exact) mass is 393 g/mol. The fraction of sp³-hybridized carbons (Fsp3) is 0.118. The van der Waals surface area contributed by atoms with Gasteiger partial charge in [-0.25, -0.2) is 0 Å². The van der Waals surface area contributed by atoms with Gasteiger partial charge >= 0.3 is 0 Å². The molecule has 2 aromatic carbocycles. The van der Waals surface area contributed by atoms with Crippen LogP contribution in [0.5, 0.6) is 11.5 Å². The maximum atomic E-state index is 11.9. The van der Waals surface area contributed by atoms with E-state index in [-0.39, 0.29) is 11.7 Å². The SMILES string of the molecule is COc1ccc(OCC(=O)NNC(=S)NC(=O)c2ccc(Cl)cc2)cc1. The Kier molecular flexibility index (Phi) is 7.19. The Hall–Kier alpha value is -2.84. The minimum atomic E-state index is -0.469. The molecule has 9 heteroatoms. The van der Waals surface area contributed by atoms with Gasteiger partial charge in [0.25, 0.3) is 11.8 Å². The summed E-state index contributed by atoms with van der Waals surface area (Å²) in [4.78, 5) is 23.7. The van der Waals surface area contributed by atoms with Gasteiger partial charge in [-0.05, 0) is 60.7 Å². The molecule has 2 amide bonds. The van der Waals surface area contributed by atoms with Crippen LogP contribution in [0.15, 0.2) is 48.5 Å². The lowest BCUT2D eigenvalue weighted by Gasteiger charge is -2.11. The van der Waals surface area contributed by atoms with E-state index in [9.17, 15) is 9.59 Å². The van der Waals surface area contributed by atoms with Gasteiger partial charge in [0.05, 0.1) is 7.11 Å². The van der Waals surface area contributed by atoms with Crippen molar-refractivity contribution in [2.45, 2.75) is 0 Å². The van der Waals surface area contributed by atoms with Crippen molar-refractivity contribution >= 4 is 40.7 Å². The summed E-state index contributed by atoms with van der Waals surface area (Å²) in [6.07, 6.45) is 0. The predicted molar refractivity (Wildman–Crippen MR) is 101 cm³/mol. The largest absolute Gasteiger partial charge is 0.497 e. The normalized spacial score (nSPS) is 9.77. The van der Waals surface area contributed by atoms with E-state index in [1.165, 1.54) is 0 Å². The van der Waals surface area contributed by atoms with Gasteiger partial charge in [0.2, 0.25) is 0 Å². The number of amides is 2.